The SMILES string of the molecule is COc1ccc(CN(C)C(=O)CCC(=O)c2ccc(C)c(C)c2)cc1OC. The van der Waals surface area contributed by atoms with Crippen molar-refractivity contribution in [1.29, 1.82) is 0 Å². The van der Waals surface area contributed by atoms with Gasteiger partial charge in [0.15, 0.2) is 17.3 Å². The lowest BCUT2D eigenvalue weighted by Crippen LogP contribution is -2.26. The number of carbonyl (C=O) groups excluding carboxylic acids is 2. The summed E-state index contributed by atoms with van der Waals surface area (Å²) < 4.78 is 10.5. The van der Waals surface area contributed by atoms with E-state index in [0.717, 1.165) is 16.7 Å². The standard InChI is InChI=1S/C22H27NO4/c1-15-6-8-18(12-16(15)2)19(24)9-11-22(25)23(3)14-17-7-10-20(26-4)21(13-17)27-5/h6-8,10,12-13H,9,11,14H2,1-5H3. The molecule has 0 radical (unpaired) electrons. The summed E-state index contributed by atoms with van der Waals surface area (Å²) in [5.41, 5.74) is 3.83. The maximum absolute atomic E-state index is 12.4. The Hall–Kier alpha value is -2.82. The van der Waals surface area contributed by atoms with Gasteiger partial charge in [0.25, 0.3) is 0 Å². The van der Waals surface area contributed by atoms with E-state index in [0.29, 0.717) is 23.6 Å². The van der Waals surface area contributed by atoms with Crippen molar-refractivity contribution in [3.63, 3.8) is 0 Å². The minimum absolute atomic E-state index is 0.00836. The van der Waals surface area contributed by atoms with Gasteiger partial charge in [-0.15, -0.1) is 0 Å². The summed E-state index contributed by atoms with van der Waals surface area (Å²) in [7, 11) is 4.90. The van der Waals surface area contributed by atoms with Gasteiger partial charge in [-0.1, -0.05) is 18.2 Å². The fraction of sp³-hybridized carbons (Fsp3) is 0.364. The van der Waals surface area contributed by atoms with Crippen molar-refractivity contribution in [1.82, 2.24) is 4.90 Å². The third kappa shape index (κ3) is 5.33. The molecule has 0 fully saturated rings. The zero-order valence-corrected chi connectivity index (χ0v) is 16.7. The van der Waals surface area contributed by atoms with Gasteiger partial charge < -0.3 is 14.4 Å². The van der Waals surface area contributed by atoms with Gasteiger partial charge in [0.05, 0.1) is 14.2 Å². The van der Waals surface area contributed by atoms with Gasteiger partial charge >= 0.3 is 0 Å². The van der Waals surface area contributed by atoms with Crippen LogP contribution in [-0.2, 0) is 11.3 Å². The van der Waals surface area contributed by atoms with Crippen molar-refractivity contribution < 1.29 is 19.1 Å². The van der Waals surface area contributed by atoms with Gasteiger partial charge in [-0.2, -0.15) is 0 Å². The number of rotatable bonds is 8. The van der Waals surface area contributed by atoms with E-state index in [4.69, 9.17) is 9.47 Å². The molecule has 5 heteroatoms. The molecule has 0 bridgehead atoms. The molecule has 27 heavy (non-hydrogen) atoms. The summed E-state index contributed by atoms with van der Waals surface area (Å²) in [6.07, 6.45) is 0.396. The van der Waals surface area contributed by atoms with Crippen molar-refractivity contribution in [2.24, 2.45) is 0 Å². The summed E-state index contributed by atoms with van der Waals surface area (Å²) >= 11 is 0. The van der Waals surface area contributed by atoms with E-state index in [-0.39, 0.29) is 24.5 Å². The molecule has 2 aromatic carbocycles. The summed E-state index contributed by atoms with van der Waals surface area (Å²) in [6.45, 7) is 4.43. The third-order valence-corrected chi connectivity index (χ3v) is 4.69. The maximum Gasteiger partial charge on any atom is 0.223 e. The highest BCUT2D eigenvalue weighted by Crippen LogP contribution is 2.28. The lowest BCUT2D eigenvalue weighted by molar-refractivity contribution is -0.130. The number of nitrogens with zero attached hydrogens (tertiary/aromatic N) is 1. The molecular weight excluding hydrogens is 342 g/mol. The smallest absolute Gasteiger partial charge is 0.223 e. The highest BCUT2D eigenvalue weighted by atomic mass is 16.5. The first-order valence-corrected chi connectivity index (χ1v) is 8.91. The Morgan fingerprint density at radius 2 is 1.59 bits per heavy atom. The molecule has 0 aromatic heterocycles. The first-order chi connectivity index (χ1) is 12.8. The van der Waals surface area contributed by atoms with Gasteiger partial charge in [-0.3, -0.25) is 9.59 Å². The molecular formula is C22H27NO4. The number of carbonyl (C=O) groups is 2. The predicted molar refractivity (Wildman–Crippen MR) is 106 cm³/mol. The van der Waals surface area contributed by atoms with E-state index >= 15 is 0 Å². The fourth-order valence-corrected chi connectivity index (χ4v) is 2.81. The van der Waals surface area contributed by atoms with Crippen molar-refractivity contribution in [2.75, 3.05) is 21.3 Å². The van der Waals surface area contributed by atoms with Crippen molar-refractivity contribution in [3.05, 3.63) is 58.7 Å². The highest BCUT2D eigenvalue weighted by molar-refractivity contribution is 5.98. The summed E-state index contributed by atoms with van der Waals surface area (Å²) in [5, 5.41) is 0. The molecule has 0 saturated heterocycles. The van der Waals surface area contributed by atoms with E-state index < -0.39 is 0 Å². The number of aryl methyl sites for hydroxylation is 2. The quantitative estimate of drug-likeness (QED) is 0.661. The van der Waals surface area contributed by atoms with Crippen molar-refractivity contribution >= 4 is 11.7 Å². The molecule has 0 atom stereocenters. The molecule has 0 aliphatic heterocycles. The zero-order chi connectivity index (χ0) is 20.0. The van der Waals surface area contributed by atoms with Gasteiger partial charge in [0.1, 0.15) is 0 Å². The number of ether oxygens (including phenoxy) is 2. The average molecular weight is 369 g/mol. The van der Waals surface area contributed by atoms with E-state index in [1.165, 1.54) is 0 Å². The zero-order valence-electron chi connectivity index (χ0n) is 16.7. The monoisotopic (exact) mass is 369 g/mol. The first kappa shape index (κ1) is 20.5. The van der Waals surface area contributed by atoms with Crippen LogP contribution in [0.1, 0.15) is 39.9 Å². The number of hydrogen-bond donors (Lipinski definition) is 0. The van der Waals surface area contributed by atoms with E-state index in [1.54, 1.807) is 26.2 Å². The average Bonchev–Trinajstić information content (AvgIpc) is 2.67. The highest BCUT2D eigenvalue weighted by Gasteiger charge is 2.14. The normalized spacial score (nSPS) is 10.4. The second kappa shape index (κ2) is 9.21. The molecule has 0 aliphatic rings. The Morgan fingerprint density at radius 1 is 0.889 bits per heavy atom. The second-order valence-electron chi connectivity index (χ2n) is 6.66. The van der Waals surface area contributed by atoms with Gasteiger partial charge in [-0.05, 0) is 48.7 Å². The third-order valence-electron chi connectivity index (χ3n) is 4.69. The van der Waals surface area contributed by atoms with Crippen molar-refractivity contribution in [2.45, 2.75) is 33.2 Å². The molecule has 0 heterocycles. The van der Waals surface area contributed by atoms with E-state index in [2.05, 4.69) is 0 Å². The Morgan fingerprint density at radius 3 is 2.22 bits per heavy atom. The first-order valence-electron chi connectivity index (χ1n) is 8.91. The van der Waals surface area contributed by atoms with Gasteiger partial charge in [-0.25, -0.2) is 0 Å². The van der Waals surface area contributed by atoms with E-state index in [9.17, 15) is 9.59 Å². The largest absolute Gasteiger partial charge is 0.493 e. The molecule has 0 aliphatic carbocycles. The van der Waals surface area contributed by atoms with Crippen LogP contribution >= 0.6 is 0 Å². The maximum atomic E-state index is 12.4. The topological polar surface area (TPSA) is 55.8 Å². The minimum Gasteiger partial charge on any atom is -0.493 e. The van der Waals surface area contributed by atoms with Crippen LogP contribution in [0.4, 0.5) is 0 Å². The Labute approximate surface area is 160 Å². The van der Waals surface area contributed by atoms with Gasteiger partial charge in [0.2, 0.25) is 5.91 Å². The fourth-order valence-electron chi connectivity index (χ4n) is 2.81. The lowest BCUT2D eigenvalue weighted by Gasteiger charge is -2.18. The molecule has 1 amide bonds. The van der Waals surface area contributed by atoms with Crippen LogP contribution in [0.3, 0.4) is 0 Å². The van der Waals surface area contributed by atoms with Crippen LogP contribution < -0.4 is 9.47 Å². The number of methoxy groups -OCH3 is 2. The Balaban J connectivity index is 1.93. The summed E-state index contributed by atoms with van der Waals surface area (Å²) in [5.74, 6) is 1.20. The predicted octanol–water partition coefficient (Wildman–Crippen LogP) is 3.94. The molecule has 144 valence electrons. The molecule has 2 rings (SSSR count). The van der Waals surface area contributed by atoms with Crippen molar-refractivity contribution in [3.8, 4) is 11.5 Å². The van der Waals surface area contributed by atoms with Gasteiger partial charge in [0, 0.05) is 32.0 Å². The molecule has 2 aromatic rings. The number of Topliss-reactive ketones (excluding diaryl/α,β-unsaturated/α-hetero) is 1. The molecule has 5 nitrogen and oxygen atoms in total. The summed E-state index contributed by atoms with van der Waals surface area (Å²) in [6, 6.07) is 11.2. The van der Waals surface area contributed by atoms with E-state index in [1.807, 2.05) is 50.2 Å². The van der Waals surface area contributed by atoms with Crippen LogP contribution in [0.5, 0.6) is 11.5 Å². The molecule has 0 spiro atoms. The van der Waals surface area contributed by atoms with Crippen LogP contribution in [0.25, 0.3) is 0 Å². The molecule has 0 saturated carbocycles. The number of ketones is 1. The van der Waals surface area contributed by atoms with Crippen LogP contribution in [-0.4, -0.2) is 37.9 Å². The second-order valence-corrected chi connectivity index (χ2v) is 6.66. The van der Waals surface area contributed by atoms with Crippen LogP contribution in [0.2, 0.25) is 0 Å². The number of hydrogen-bond acceptors (Lipinski definition) is 4. The lowest BCUT2D eigenvalue weighted by atomic mass is 10.0. The number of amides is 1. The number of benzene rings is 2. The molecule has 0 unspecified atom stereocenters. The van der Waals surface area contributed by atoms with Crippen LogP contribution in [0, 0.1) is 13.8 Å². The van der Waals surface area contributed by atoms with Crippen LogP contribution in [0.15, 0.2) is 36.4 Å². The molecule has 0 N–H and O–H groups in total. The Kier molecular flexibility index (Phi) is 6.99. The minimum atomic E-state index is -0.0676. The Bertz CT molecular complexity index is 829. The summed E-state index contributed by atoms with van der Waals surface area (Å²) in [4.78, 5) is 26.4.